The second-order valence-electron chi connectivity index (χ2n) is 4.50. The quantitative estimate of drug-likeness (QED) is 0.899. The van der Waals surface area contributed by atoms with Crippen LogP contribution < -0.4 is 5.32 Å². The van der Waals surface area contributed by atoms with Crippen LogP contribution in [0.3, 0.4) is 0 Å². The molecular weight excluding hydrogens is 224 g/mol. The van der Waals surface area contributed by atoms with E-state index in [1.54, 1.807) is 0 Å². The van der Waals surface area contributed by atoms with Gasteiger partial charge in [0.05, 0.1) is 17.9 Å². The first-order chi connectivity index (χ1) is 8.61. The first kappa shape index (κ1) is 12.6. The molecule has 1 N–H and O–H groups in total. The Hall–Kier alpha value is -1.84. The van der Waals surface area contributed by atoms with Crippen LogP contribution in [-0.2, 0) is 6.54 Å². The fourth-order valence-corrected chi connectivity index (χ4v) is 1.94. The van der Waals surface area contributed by atoms with Gasteiger partial charge in [-0.15, -0.1) is 0 Å². The Morgan fingerprint density at radius 2 is 2.00 bits per heavy atom. The summed E-state index contributed by atoms with van der Waals surface area (Å²) in [4.78, 5) is 4.57. The van der Waals surface area contributed by atoms with E-state index in [0.717, 1.165) is 30.3 Å². The largest absolute Gasteiger partial charge is 0.370 e. The lowest BCUT2D eigenvalue weighted by Gasteiger charge is -2.07. The van der Waals surface area contributed by atoms with Gasteiger partial charge in [0.15, 0.2) is 0 Å². The van der Waals surface area contributed by atoms with Crippen LogP contribution in [0, 0.1) is 20.8 Å². The second kappa shape index (κ2) is 5.21. The minimum absolute atomic E-state index is 0.722. The first-order valence-corrected chi connectivity index (χ1v) is 6.32. The van der Waals surface area contributed by atoms with Gasteiger partial charge in [0.2, 0.25) is 0 Å². The van der Waals surface area contributed by atoms with Gasteiger partial charge in [-0.3, -0.25) is 4.68 Å². The molecule has 4 heteroatoms. The molecule has 0 aliphatic heterocycles. The van der Waals surface area contributed by atoms with Gasteiger partial charge < -0.3 is 5.32 Å². The van der Waals surface area contributed by atoms with E-state index in [9.17, 15) is 0 Å². The molecule has 0 aliphatic rings. The minimum Gasteiger partial charge on any atom is -0.370 e. The summed E-state index contributed by atoms with van der Waals surface area (Å²) in [6, 6.07) is 6.05. The van der Waals surface area contributed by atoms with Crippen LogP contribution in [-0.4, -0.2) is 21.3 Å². The van der Waals surface area contributed by atoms with E-state index in [1.165, 1.54) is 11.3 Å². The molecule has 0 aromatic carbocycles. The third-order valence-electron chi connectivity index (χ3n) is 3.22. The van der Waals surface area contributed by atoms with E-state index in [1.807, 2.05) is 29.8 Å². The van der Waals surface area contributed by atoms with E-state index >= 15 is 0 Å². The molecule has 0 atom stereocenters. The highest BCUT2D eigenvalue weighted by Gasteiger charge is 2.08. The predicted molar refractivity (Wildman–Crippen MR) is 73.9 cm³/mol. The molecule has 0 bridgehead atoms. The molecule has 2 aromatic rings. The maximum Gasteiger partial charge on any atom is 0.126 e. The highest BCUT2D eigenvalue weighted by atomic mass is 15.3. The van der Waals surface area contributed by atoms with Crippen molar-refractivity contribution in [1.29, 1.82) is 0 Å². The molecule has 0 unspecified atom stereocenters. The number of pyridine rings is 1. The van der Waals surface area contributed by atoms with Crippen LogP contribution in [0.2, 0.25) is 0 Å². The second-order valence-corrected chi connectivity index (χ2v) is 4.50. The van der Waals surface area contributed by atoms with Crippen molar-refractivity contribution >= 4 is 5.82 Å². The van der Waals surface area contributed by atoms with Crippen LogP contribution in [0.25, 0.3) is 0 Å². The number of aromatic nitrogens is 3. The minimum atomic E-state index is 0.722. The summed E-state index contributed by atoms with van der Waals surface area (Å²) in [7, 11) is 0. The van der Waals surface area contributed by atoms with Crippen LogP contribution in [0.1, 0.15) is 29.6 Å². The van der Waals surface area contributed by atoms with E-state index in [-0.39, 0.29) is 0 Å². The first-order valence-electron chi connectivity index (χ1n) is 6.32. The Labute approximate surface area is 108 Å². The SMILES string of the molecule is CCNc1cccc(Cn2nc(C)c(C)c2C)n1. The van der Waals surface area contributed by atoms with Crippen molar-refractivity contribution in [2.75, 3.05) is 11.9 Å². The van der Waals surface area contributed by atoms with Crippen molar-refractivity contribution in [3.8, 4) is 0 Å². The van der Waals surface area contributed by atoms with E-state index in [0.29, 0.717) is 0 Å². The van der Waals surface area contributed by atoms with Crippen molar-refractivity contribution in [2.45, 2.75) is 34.2 Å². The van der Waals surface area contributed by atoms with Crippen LogP contribution in [0.15, 0.2) is 18.2 Å². The summed E-state index contributed by atoms with van der Waals surface area (Å²) < 4.78 is 2.02. The van der Waals surface area contributed by atoms with Crippen molar-refractivity contribution in [3.63, 3.8) is 0 Å². The topological polar surface area (TPSA) is 42.7 Å². The van der Waals surface area contributed by atoms with Crippen LogP contribution in [0.4, 0.5) is 5.82 Å². The maximum absolute atomic E-state index is 4.57. The lowest BCUT2D eigenvalue weighted by atomic mass is 10.2. The summed E-state index contributed by atoms with van der Waals surface area (Å²) >= 11 is 0. The zero-order valence-electron chi connectivity index (χ0n) is 11.5. The molecule has 2 rings (SSSR count). The summed E-state index contributed by atoms with van der Waals surface area (Å²) in [5.41, 5.74) is 4.59. The Balaban J connectivity index is 2.23. The van der Waals surface area contributed by atoms with Gasteiger partial charge >= 0.3 is 0 Å². The standard InChI is InChI=1S/C14H20N4/c1-5-15-14-8-6-7-13(16-14)9-18-12(4)10(2)11(3)17-18/h6-8H,5,9H2,1-4H3,(H,15,16). The van der Waals surface area contributed by atoms with Gasteiger partial charge in [0.25, 0.3) is 0 Å². The summed E-state index contributed by atoms with van der Waals surface area (Å²) in [6.07, 6.45) is 0. The fourth-order valence-electron chi connectivity index (χ4n) is 1.94. The summed E-state index contributed by atoms with van der Waals surface area (Å²) in [5, 5.41) is 7.76. The number of nitrogens with one attached hydrogen (secondary N) is 1. The van der Waals surface area contributed by atoms with Crippen molar-refractivity contribution in [3.05, 3.63) is 40.8 Å². The Bertz CT molecular complexity index is 543. The number of hydrogen-bond donors (Lipinski definition) is 1. The molecule has 0 saturated heterocycles. The van der Waals surface area contributed by atoms with Gasteiger partial charge in [0, 0.05) is 12.2 Å². The monoisotopic (exact) mass is 244 g/mol. The predicted octanol–water partition coefficient (Wildman–Crippen LogP) is 2.68. The molecule has 0 fully saturated rings. The fraction of sp³-hybridized carbons (Fsp3) is 0.429. The van der Waals surface area contributed by atoms with Gasteiger partial charge in [0.1, 0.15) is 5.82 Å². The highest BCUT2D eigenvalue weighted by Crippen LogP contribution is 2.13. The van der Waals surface area contributed by atoms with Gasteiger partial charge in [-0.2, -0.15) is 5.10 Å². The molecule has 0 spiro atoms. The molecule has 0 radical (unpaired) electrons. The Morgan fingerprint density at radius 3 is 2.61 bits per heavy atom. The molecule has 4 nitrogen and oxygen atoms in total. The van der Waals surface area contributed by atoms with Gasteiger partial charge in [-0.05, 0) is 45.4 Å². The highest BCUT2D eigenvalue weighted by molar-refractivity contribution is 5.35. The molecule has 96 valence electrons. The number of rotatable bonds is 4. The van der Waals surface area contributed by atoms with E-state index < -0.39 is 0 Å². The average Bonchev–Trinajstić information content (AvgIpc) is 2.58. The Kier molecular flexibility index (Phi) is 3.65. The zero-order chi connectivity index (χ0) is 13.1. The number of anilines is 1. The van der Waals surface area contributed by atoms with Gasteiger partial charge in [-0.25, -0.2) is 4.98 Å². The molecule has 0 aliphatic carbocycles. The molecule has 0 amide bonds. The molecule has 2 aromatic heterocycles. The van der Waals surface area contributed by atoms with Crippen LogP contribution >= 0.6 is 0 Å². The molecular formula is C14H20N4. The van der Waals surface area contributed by atoms with Crippen molar-refractivity contribution in [2.24, 2.45) is 0 Å². The molecule has 18 heavy (non-hydrogen) atoms. The van der Waals surface area contributed by atoms with E-state index in [4.69, 9.17) is 0 Å². The van der Waals surface area contributed by atoms with Gasteiger partial charge in [-0.1, -0.05) is 6.07 Å². The summed E-state index contributed by atoms with van der Waals surface area (Å²) in [6.45, 7) is 9.93. The summed E-state index contributed by atoms with van der Waals surface area (Å²) in [5.74, 6) is 0.924. The third kappa shape index (κ3) is 2.53. The normalized spacial score (nSPS) is 10.7. The smallest absolute Gasteiger partial charge is 0.126 e. The third-order valence-corrected chi connectivity index (χ3v) is 3.22. The Morgan fingerprint density at radius 1 is 1.22 bits per heavy atom. The van der Waals surface area contributed by atoms with Crippen molar-refractivity contribution < 1.29 is 0 Å². The molecule has 0 saturated carbocycles. The molecule has 2 heterocycles. The van der Waals surface area contributed by atoms with Crippen LogP contribution in [0.5, 0.6) is 0 Å². The van der Waals surface area contributed by atoms with E-state index in [2.05, 4.69) is 36.2 Å². The van der Waals surface area contributed by atoms with Crippen molar-refractivity contribution in [1.82, 2.24) is 14.8 Å². The maximum atomic E-state index is 4.57. The number of aryl methyl sites for hydroxylation is 1. The lowest BCUT2D eigenvalue weighted by Crippen LogP contribution is -2.07. The number of hydrogen-bond acceptors (Lipinski definition) is 3. The zero-order valence-corrected chi connectivity index (χ0v) is 11.5. The number of nitrogens with zero attached hydrogens (tertiary/aromatic N) is 3. The average molecular weight is 244 g/mol. The lowest BCUT2D eigenvalue weighted by molar-refractivity contribution is 0.647.